The van der Waals surface area contributed by atoms with E-state index in [2.05, 4.69) is 61.0 Å². The van der Waals surface area contributed by atoms with E-state index in [0.29, 0.717) is 0 Å². The van der Waals surface area contributed by atoms with Crippen LogP contribution in [0.1, 0.15) is 19.4 Å². The highest BCUT2D eigenvalue weighted by Gasteiger charge is 2.46. The fraction of sp³-hybridized carbons (Fsp3) is 0.647. The third-order valence-electron chi connectivity index (χ3n) is 4.92. The van der Waals surface area contributed by atoms with Crippen molar-refractivity contribution < 1.29 is 0 Å². The van der Waals surface area contributed by atoms with E-state index < -0.39 is 0 Å². The summed E-state index contributed by atoms with van der Waals surface area (Å²) < 4.78 is 0. The van der Waals surface area contributed by atoms with Crippen LogP contribution >= 0.6 is 0 Å². The van der Waals surface area contributed by atoms with E-state index in [1.807, 2.05) is 0 Å². The highest BCUT2D eigenvalue weighted by atomic mass is 15.2. The van der Waals surface area contributed by atoms with Gasteiger partial charge in [0, 0.05) is 32.2 Å². The maximum atomic E-state index is 2.74. The van der Waals surface area contributed by atoms with Crippen LogP contribution in [0.2, 0.25) is 0 Å². The smallest absolute Gasteiger partial charge is 0.0237 e. The molecule has 0 spiro atoms. The van der Waals surface area contributed by atoms with Gasteiger partial charge in [-0.15, -0.1) is 0 Å². The number of rotatable bonds is 3. The molecule has 1 aromatic carbocycles. The maximum Gasteiger partial charge on any atom is 0.0237 e. The van der Waals surface area contributed by atoms with E-state index in [-0.39, 0.29) is 0 Å². The summed E-state index contributed by atoms with van der Waals surface area (Å²) in [5.41, 5.74) is 1.46. The predicted octanol–water partition coefficient (Wildman–Crippen LogP) is 2.70. The fourth-order valence-corrected chi connectivity index (χ4v) is 4.30. The van der Waals surface area contributed by atoms with E-state index in [0.717, 1.165) is 30.3 Å². The average molecular weight is 258 g/mol. The van der Waals surface area contributed by atoms with Gasteiger partial charge in [0.15, 0.2) is 0 Å². The highest BCUT2D eigenvalue weighted by molar-refractivity contribution is 5.15. The number of likely N-dealkylation sites (tertiary alicyclic amines) is 2. The van der Waals surface area contributed by atoms with Crippen LogP contribution in [0, 0.1) is 17.8 Å². The van der Waals surface area contributed by atoms with Crippen molar-refractivity contribution in [3.05, 3.63) is 35.9 Å². The first-order valence-electron chi connectivity index (χ1n) is 7.61. The molecule has 0 aliphatic carbocycles. The predicted molar refractivity (Wildman–Crippen MR) is 80.0 cm³/mol. The molecule has 2 aliphatic rings. The van der Waals surface area contributed by atoms with Crippen LogP contribution < -0.4 is 0 Å². The lowest BCUT2D eigenvalue weighted by molar-refractivity contribution is 0.156. The van der Waals surface area contributed by atoms with Crippen molar-refractivity contribution in [1.29, 1.82) is 0 Å². The normalized spacial score (nSPS) is 32.1. The molecule has 19 heavy (non-hydrogen) atoms. The van der Waals surface area contributed by atoms with Gasteiger partial charge in [0.25, 0.3) is 0 Å². The zero-order chi connectivity index (χ0) is 13.4. The van der Waals surface area contributed by atoms with Crippen molar-refractivity contribution in [3.63, 3.8) is 0 Å². The Bertz CT molecular complexity index is 415. The fourth-order valence-electron chi connectivity index (χ4n) is 4.30. The molecule has 2 aliphatic heterocycles. The molecule has 2 heteroatoms. The number of nitrogens with zero attached hydrogens (tertiary/aromatic N) is 2. The summed E-state index contributed by atoms with van der Waals surface area (Å²) in [6.07, 6.45) is 0. The highest BCUT2D eigenvalue weighted by Crippen LogP contribution is 2.39. The first kappa shape index (κ1) is 13.1. The van der Waals surface area contributed by atoms with Gasteiger partial charge in [0.05, 0.1) is 0 Å². The van der Waals surface area contributed by atoms with Crippen LogP contribution in [-0.4, -0.2) is 42.5 Å². The van der Waals surface area contributed by atoms with Crippen LogP contribution in [0.4, 0.5) is 0 Å². The Morgan fingerprint density at radius 2 is 1.84 bits per heavy atom. The standard InChI is InChI=1S/C17H26N2/c1-13(2)17-16-12-18(3)10-15(16)11-19(17)9-14-7-5-4-6-8-14/h4-8,13,15-17H,9-12H2,1-3H3/t15-,16-,17-/m1/s1. The Labute approximate surface area is 117 Å². The maximum absolute atomic E-state index is 2.74. The molecule has 2 nitrogen and oxygen atoms in total. The second-order valence-electron chi connectivity index (χ2n) is 6.79. The summed E-state index contributed by atoms with van der Waals surface area (Å²) in [5.74, 6) is 2.53. The Kier molecular flexibility index (Phi) is 3.64. The van der Waals surface area contributed by atoms with E-state index >= 15 is 0 Å². The van der Waals surface area contributed by atoms with E-state index in [9.17, 15) is 0 Å². The molecule has 0 amide bonds. The molecular formula is C17H26N2. The van der Waals surface area contributed by atoms with Crippen molar-refractivity contribution in [2.45, 2.75) is 26.4 Å². The summed E-state index contributed by atoms with van der Waals surface area (Å²) in [6.45, 7) is 9.78. The van der Waals surface area contributed by atoms with Gasteiger partial charge in [-0.1, -0.05) is 44.2 Å². The van der Waals surface area contributed by atoms with Gasteiger partial charge in [-0.2, -0.15) is 0 Å². The van der Waals surface area contributed by atoms with Gasteiger partial charge < -0.3 is 4.90 Å². The van der Waals surface area contributed by atoms with Gasteiger partial charge in [-0.25, -0.2) is 0 Å². The zero-order valence-electron chi connectivity index (χ0n) is 12.4. The first-order valence-corrected chi connectivity index (χ1v) is 7.61. The molecule has 1 aromatic rings. The van der Waals surface area contributed by atoms with Crippen molar-refractivity contribution in [3.8, 4) is 0 Å². The molecule has 2 heterocycles. The van der Waals surface area contributed by atoms with Crippen LogP contribution in [0.3, 0.4) is 0 Å². The number of benzene rings is 1. The van der Waals surface area contributed by atoms with Gasteiger partial charge >= 0.3 is 0 Å². The monoisotopic (exact) mass is 258 g/mol. The zero-order valence-corrected chi connectivity index (χ0v) is 12.4. The second-order valence-corrected chi connectivity index (χ2v) is 6.79. The molecule has 0 radical (unpaired) electrons. The molecule has 0 aromatic heterocycles. The summed E-state index contributed by atoms with van der Waals surface area (Å²) in [7, 11) is 2.28. The molecule has 2 saturated heterocycles. The summed E-state index contributed by atoms with van der Waals surface area (Å²) >= 11 is 0. The van der Waals surface area contributed by atoms with E-state index in [4.69, 9.17) is 0 Å². The largest absolute Gasteiger partial charge is 0.306 e. The second kappa shape index (κ2) is 5.26. The minimum atomic E-state index is 0.755. The third kappa shape index (κ3) is 2.56. The molecule has 104 valence electrons. The molecule has 3 rings (SSSR count). The molecular weight excluding hydrogens is 232 g/mol. The Morgan fingerprint density at radius 1 is 1.11 bits per heavy atom. The van der Waals surface area contributed by atoms with Crippen molar-refractivity contribution in [2.75, 3.05) is 26.7 Å². The third-order valence-corrected chi connectivity index (χ3v) is 4.92. The van der Waals surface area contributed by atoms with Crippen LogP contribution in [-0.2, 0) is 6.54 Å². The van der Waals surface area contributed by atoms with Crippen LogP contribution in [0.25, 0.3) is 0 Å². The summed E-state index contributed by atoms with van der Waals surface area (Å²) in [4.78, 5) is 5.26. The van der Waals surface area contributed by atoms with Gasteiger partial charge in [-0.05, 0) is 30.4 Å². The van der Waals surface area contributed by atoms with E-state index in [1.165, 1.54) is 25.2 Å². The van der Waals surface area contributed by atoms with Gasteiger partial charge in [0.2, 0.25) is 0 Å². The Hall–Kier alpha value is -0.860. The Morgan fingerprint density at radius 3 is 2.53 bits per heavy atom. The Balaban J connectivity index is 1.75. The number of hydrogen-bond donors (Lipinski definition) is 0. The molecule has 3 atom stereocenters. The summed E-state index contributed by atoms with van der Waals surface area (Å²) in [6, 6.07) is 11.7. The minimum absolute atomic E-state index is 0.755. The van der Waals surface area contributed by atoms with Gasteiger partial charge in [0.1, 0.15) is 0 Å². The SMILES string of the molecule is CC(C)[C@@H]1[C@@H]2CN(C)C[C@@H]2CN1Cc1ccccc1. The first-order chi connectivity index (χ1) is 9.15. The average Bonchev–Trinajstić information content (AvgIpc) is 2.85. The summed E-state index contributed by atoms with van der Waals surface area (Å²) in [5, 5.41) is 0. The number of fused-ring (bicyclic) bond motifs is 1. The van der Waals surface area contributed by atoms with Crippen molar-refractivity contribution in [1.82, 2.24) is 9.80 Å². The van der Waals surface area contributed by atoms with Crippen molar-refractivity contribution >= 4 is 0 Å². The molecule has 0 N–H and O–H groups in total. The topological polar surface area (TPSA) is 6.48 Å². The molecule has 0 saturated carbocycles. The van der Waals surface area contributed by atoms with Gasteiger partial charge in [-0.3, -0.25) is 4.90 Å². The quantitative estimate of drug-likeness (QED) is 0.822. The molecule has 0 bridgehead atoms. The van der Waals surface area contributed by atoms with Crippen molar-refractivity contribution in [2.24, 2.45) is 17.8 Å². The number of hydrogen-bond acceptors (Lipinski definition) is 2. The van der Waals surface area contributed by atoms with Crippen LogP contribution in [0.15, 0.2) is 30.3 Å². The van der Waals surface area contributed by atoms with E-state index in [1.54, 1.807) is 0 Å². The lowest BCUT2D eigenvalue weighted by Gasteiger charge is -2.31. The van der Waals surface area contributed by atoms with Crippen LogP contribution in [0.5, 0.6) is 0 Å². The molecule has 2 fully saturated rings. The lowest BCUT2D eigenvalue weighted by Crippen LogP contribution is -2.39. The molecule has 0 unspecified atom stereocenters. The minimum Gasteiger partial charge on any atom is -0.306 e. The lowest BCUT2D eigenvalue weighted by atomic mass is 9.87.